The number of aliphatic hydroxyl groups excluding tert-OH is 1. The highest BCUT2D eigenvalue weighted by atomic mass is 16.6. The third-order valence-electron chi connectivity index (χ3n) is 7.52. The average molecular weight is 555 g/mol. The molecule has 1 aliphatic heterocycles. The summed E-state index contributed by atoms with van der Waals surface area (Å²) in [6.07, 6.45) is 1.09. The van der Waals surface area contributed by atoms with Gasteiger partial charge in [-0.3, -0.25) is 9.36 Å². The molecule has 2 N–H and O–H groups in total. The Bertz CT molecular complexity index is 1620. The Morgan fingerprint density at radius 3 is 2.15 bits per heavy atom. The van der Waals surface area contributed by atoms with E-state index in [9.17, 15) is 9.90 Å². The number of imidazole rings is 1. The minimum absolute atomic E-state index is 0.0747. The fraction of sp³-hybridized carbons (Fsp3) is 0.258. The van der Waals surface area contributed by atoms with Crippen LogP contribution < -0.4 is 15.0 Å². The van der Waals surface area contributed by atoms with Gasteiger partial charge in [-0.15, -0.1) is 0 Å². The second-order valence-corrected chi connectivity index (χ2v) is 9.80. The van der Waals surface area contributed by atoms with Crippen LogP contribution in [-0.2, 0) is 15.1 Å². The van der Waals surface area contributed by atoms with Crippen LogP contribution in [0.25, 0.3) is 11.2 Å². The van der Waals surface area contributed by atoms with Gasteiger partial charge in [0.2, 0.25) is 0 Å². The predicted octanol–water partition coefficient (Wildman–Crippen LogP) is 3.79. The maximum atomic E-state index is 12.1. The maximum absolute atomic E-state index is 12.1. The third kappa shape index (κ3) is 4.86. The predicted molar refractivity (Wildman–Crippen MR) is 151 cm³/mol. The molecule has 3 atom stereocenters. The smallest absolute Gasteiger partial charge is 0.278 e. The van der Waals surface area contributed by atoms with Crippen molar-refractivity contribution >= 4 is 11.2 Å². The molecule has 0 aliphatic carbocycles. The number of benzene rings is 3. The average Bonchev–Trinajstić information content (AvgIpc) is 3.62. The topological polar surface area (TPSA) is 121 Å². The van der Waals surface area contributed by atoms with E-state index < -0.39 is 24.0 Å². The number of nitrogens with one attached hydrogen (secondary N) is 1. The van der Waals surface area contributed by atoms with Gasteiger partial charge in [-0.1, -0.05) is 54.6 Å². The van der Waals surface area contributed by atoms with Gasteiger partial charge in [0.05, 0.1) is 39.6 Å². The highest BCUT2D eigenvalue weighted by Gasteiger charge is 2.42. The second-order valence-electron chi connectivity index (χ2n) is 9.80. The number of rotatable bonds is 9. The molecule has 3 heterocycles. The molecule has 3 aromatic carbocycles. The van der Waals surface area contributed by atoms with Crippen molar-refractivity contribution in [3.8, 4) is 11.5 Å². The molecule has 2 aromatic heterocycles. The quantitative estimate of drug-likeness (QED) is 0.264. The van der Waals surface area contributed by atoms with Crippen LogP contribution in [0.1, 0.15) is 29.3 Å². The number of aromatic amines is 1. The largest absolute Gasteiger partial charge is 0.497 e. The standard InChI is InChI=1S/C31H30N4O6/c1-38-23-12-8-21(9-13-23)31(20-6-4-3-5-7-20,22-10-14-24(39-2)15-11-22)40-17-26-25(36)16-27(41-26)35-19-34-28-29(35)32-18-33-30(28)37/h3-15,18-19,25-27,36H,16-17H2,1-2H3,(H,32,33,37). The van der Waals surface area contributed by atoms with E-state index in [2.05, 4.69) is 15.0 Å². The van der Waals surface area contributed by atoms with Crippen LogP contribution in [0.15, 0.2) is 96.3 Å². The summed E-state index contributed by atoms with van der Waals surface area (Å²) in [6.45, 7) is 0.0747. The number of nitrogens with zero attached hydrogens (tertiary/aromatic N) is 3. The van der Waals surface area contributed by atoms with E-state index in [1.54, 1.807) is 18.8 Å². The first-order valence-electron chi connectivity index (χ1n) is 13.3. The van der Waals surface area contributed by atoms with Crippen molar-refractivity contribution in [2.75, 3.05) is 20.8 Å². The lowest BCUT2D eigenvalue weighted by Gasteiger charge is -2.37. The molecule has 1 fully saturated rings. The van der Waals surface area contributed by atoms with E-state index >= 15 is 0 Å². The molecule has 10 heteroatoms. The Hall–Kier alpha value is -4.51. The molecule has 1 aliphatic rings. The second kappa shape index (κ2) is 11.2. The first kappa shape index (κ1) is 26.7. The SMILES string of the molecule is COc1ccc(C(OCC2OC(n3cnc4c(=O)[nH]cnc43)CC2O)(c2ccccc2)c2ccc(OC)cc2)cc1. The molecule has 0 saturated carbocycles. The van der Waals surface area contributed by atoms with Crippen LogP contribution in [0.4, 0.5) is 0 Å². The molecule has 10 nitrogen and oxygen atoms in total. The third-order valence-corrected chi connectivity index (χ3v) is 7.52. The molecule has 210 valence electrons. The van der Waals surface area contributed by atoms with Gasteiger partial charge in [-0.05, 0) is 41.0 Å². The number of ether oxygens (including phenoxy) is 4. The van der Waals surface area contributed by atoms with E-state index in [0.29, 0.717) is 5.65 Å². The molecule has 6 rings (SSSR count). The fourth-order valence-corrected chi connectivity index (χ4v) is 5.39. The molecular formula is C31H30N4O6. The Morgan fingerprint density at radius 2 is 1.54 bits per heavy atom. The normalized spacial score (nSPS) is 19.0. The van der Waals surface area contributed by atoms with Crippen LogP contribution in [-0.4, -0.2) is 57.7 Å². The highest BCUT2D eigenvalue weighted by Crippen LogP contribution is 2.42. The summed E-state index contributed by atoms with van der Waals surface area (Å²) in [5, 5.41) is 11.1. The van der Waals surface area contributed by atoms with Crippen LogP contribution in [0, 0.1) is 0 Å². The number of fused-ring (bicyclic) bond motifs is 1. The van der Waals surface area contributed by atoms with Gasteiger partial charge in [0, 0.05) is 6.42 Å². The van der Waals surface area contributed by atoms with Crippen molar-refractivity contribution < 1.29 is 24.1 Å². The van der Waals surface area contributed by atoms with E-state index in [0.717, 1.165) is 28.2 Å². The van der Waals surface area contributed by atoms with E-state index in [4.69, 9.17) is 18.9 Å². The molecule has 3 unspecified atom stereocenters. The molecule has 1 saturated heterocycles. The Balaban J connectivity index is 1.37. The first-order valence-corrected chi connectivity index (χ1v) is 13.3. The maximum Gasteiger partial charge on any atom is 0.278 e. The summed E-state index contributed by atoms with van der Waals surface area (Å²) in [4.78, 5) is 23.1. The Kier molecular flexibility index (Phi) is 7.27. The van der Waals surface area contributed by atoms with Crippen molar-refractivity contribution in [1.82, 2.24) is 19.5 Å². The van der Waals surface area contributed by atoms with Crippen LogP contribution >= 0.6 is 0 Å². The number of hydrogen-bond donors (Lipinski definition) is 2. The van der Waals surface area contributed by atoms with Gasteiger partial charge in [0.25, 0.3) is 5.56 Å². The highest BCUT2D eigenvalue weighted by molar-refractivity contribution is 5.68. The lowest BCUT2D eigenvalue weighted by atomic mass is 9.80. The molecule has 0 radical (unpaired) electrons. The van der Waals surface area contributed by atoms with Gasteiger partial charge in [-0.25, -0.2) is 9.97 Å². The van der Waals surface area contributed by atoms with Gasteiger partial charge in [0.15, 0.2) is 11.2 Å². The lowest BCUT2D eigenvalue weighted by Crippen LogP contribution is -2.38. The first-order chi connectivity index (χ1) is 20.0. The number of H-pyrrole nitrogens is 1. The van der Waals surface area contributed by atoms with Gasteiger partial charge >= 0.3 is 0 Å². The Morgan fingerprint density at radius 1 is 0.927 bits per heavy atom. The van der Waals surface area contributed by atoms with Crippen molar-refractivity contribution in [2.24, 2.45) is 0 Å². The van der Waals surface area contributed by atoms with Gasteiger partial charge in [0.1, 0.15) is 29.4 Å². The fourth-order valence-electron chi connectivity index (χ4n) is 5.39. The number of hydrogen-bond acceptors (Lipinski definition) is 8. The van der Waals surface area contributed by atoms with Crippen LogP contribution in [0.2, 0.25) is 0 Å². The van der Waals surface area contributed by atoms with Crippen LogP contribution in [0.3, 0.4) is 0 Å². The van der Waals surface area contributed by atoms with Crippen LogP contribution in [0.5, 0.6) is 11.5 Å². The number of methoxy groups -OCH3 is 2. The summed E-state index contributed by atoms with van der Waals surface area (Å²) in [6, 6.07) is 25.4. The monoisotopic (exact) mass is 554 g/mol. The summed E-state index contributed by atoms with van der Waals surface area (Å²) in [7, 11) is 3.26. The molecule has 0 amide bonds. The number of aliphatic hydroxyl groups is 1. The van der Waals surface area contributed by atoms with Gasteiger partial charge < -0.3 is 29.0 Å². The minimum Gasteiger partial charge on any atom is -0.497 e. The van der Waals surface area contributed by atoms with E-state index in [1.165, 1.54) is 12.7 Å². The van der Waals surface area contributed by atoms with E-state index in [1.807, 2.05) is 78.9 Å². The molecular weight excluding hydrogens is 524 g/mol. The van der Waals surface area contributed by atoms with Crippen molar-refractivity contribution in [2.45, 2.75) is 30.5 Å². The zero-order valence-corrected chi connectivity index (χ0v) is 22.6. The van der Waals surface area contributed by atoms with Gasteiger partial charge in [-0.2, -0.15) is 0 Å². The summed E-state index contributed by atoms with van der Waals surface area (Å²) in [5.74, 6) is 1.45. The minimum atomic E-state index is -1.04. The Labute approximate surface area is 236 Å². The zero-order chi connectivity index (χ0) is 28.4. The zero-order valence-electron chi connectivity index (χ0n) is 22.6. The number of aromatic nitrogens is 4. The molecule has 5 aromatic rings. The lowest BCUT2D eigenvalue weighted by molar-refractivity contribution is -0.0931. The van der Waals surface area contributed by atoms with Crippen molar-refractivity contribution in [3.63, 3.8) is 0 Å². The van der Waals surface area contributed by atoms with E-state index in [-0.39, 0.29) is 24.1 Å². The summed E-state index contributed by atoms with van der Waals surface area (Å²) < 4.78 is 25.7. The van der Waals surface area contributed by atoms with Crippen molar-refractivity contribution in [1.29, 1.82) is 0 Å². The molecule has 41 heavy (non-hydrogen) atoms. The molecule has 0 bridgehead atoms. The summed E-state index contributed by atoms with van der Waals surface area (Å²) >= 11 is 0. The molecule has 0 spiro atoms. The summed E-state index contributed by atoms with van der Waals surface area (Å²) in [5.41, 5.74) is 1.89. The van der Waals surface area contributed by atoms with Crippen molar-refractivity contribution in [3.05, 3.63) is 119 Å².